The number of benzene rings is 1. The standard InChI is InChI=1S/C13H17N3O2S/c1-9-4-5-11(19(3,17)18)6-12(9)14-7-13-10(2)15-8-16-13/h4-6,8,14H,7H2,1-3H3,(H,15,16). The van der Waals surface area contributed by atoms with Gasteiger partial charge in [-0.1, -0.05) is 6.07 Å². The lowest BCUT2D eigenvalue weighted by Crippen LogP contribution is -2.05. The fraction of sp³-hybridized carbons (Fsp3) is 0.308. The van der Waals surface area contributed by atoms with Crippen molar-refractivity contribution in [3.8, 4) is 0 Å². The summed E-state index contributed by atoms with van der Waals surface area (Å²) in [6.45, 7) is 4.44. The third kappa shape index (κ3) is 3.14. The van der Waals surface area contributed by atoms with Crippen molar-refractivity contribution in [1.29, 1.82) is 0 Å². The molecule has 1 aromatic heterocycles. The quantitative estimate of drug-likeness (QED) is 0.898. The Bertz CT molecular complexity index is 690. The number of nitrogens with one attached hydrogen (secondary N) is 2. The van der Waals surface area contributed by atoms with Crippen molar-refractivity contribution in [3.05, 3.63) is 41.5 Å². The lowest BCUT2D eigenvalue weighted by molar-refractivity contribution is 0.602. The molecule has 0 saturated carbocycles. The van der Waals surface area contributed by atoms with Gasteiger partial charge in [0.05, 0.1) is 23.5 Å². The van der Waals surface area contributed by atoms with E-state index in [9.17, 15) is 8.42 Å². The van der Waals surface area contributed by atoms with Crippen LogP contribution >= 0.6 is 0 Å². The van der Waals surface area contributed by atoms with E-state index in [0.29, 0.717) is 11.4 Å². The fourth-order valence-electron chi connectivity index (χ4n) is 1.77. The molecule has 2 rings (SSSR count). The van der Waals surface area contributed by atoms with Gasteiger partial charge >= 0.3 is 0 Å². The van der Waals surface area contributed by atoms with Crippen molar-refractivity contribution in [1.82, 2.24) is 9.97 Å². The Hall–Kier alpha value is -1.82. The number of imidazole rings is 1. The number of H-pyrrole nitrogens is 1. The van der Waals surface area contributed by atoms with Gasteiger partial charge in [0.15, 0.2) is 9.84 Å². The number of sulfone groups is 1. The van der Waals surface area contributed by atoms with Gasteiger partial charge in [0, 0.05) is 17.6 Å². The maximum Gasteiger partial charge on any atom is 0.175 e. The van der Waals surface area contributed by atoms with Gasteiger partial charge in [-0.15, -0.1) is 0 Å². The number of anilines is 1. The normalized spacial score (nSPS) is 11.5. The zero-order chi connectivity index (χ0) is 14.0. The summed E-state index contributed by atoms with van der Waals surface area (Å²) in [5.74, 6) is 0. The molecular weight excluding hydrogens is 262 g/mol. The highest BCUT2D eigenvalue weighted by atomic mass is 32.2. The van der Waals surface area contributed by atoms with Crippen LogP contribution in [0.25, 0.3) is 0 Å². The lowest BCUT2D eigenvalue weighted by Gasteiger charge is -2.10. The van der Waals surface area contributed by atoms with Gasteiger partial charge in [0.25, 0.3) is 0 Å². The first-order valence-corrected chi connectivity index (χ1v) is 7.80. The van der Waals surface area contributed by atoms with Crippen LogP contribution in [0.3, 0.4) is 0 Å². The number of rotatable bonds is 4. The molecule has 0 unspecified atom stereocenters. The highest BCUT2D eigenvalue weighted by Crippen LogP contribution is 2.20. The smallest absolute Gasteiger partial charge is 0.175 e. The molecule has 0 saturated heterocycles. The summed E-state index contributed by atoms with van der Waals surface area (Å²) < 4.78 is 23.1. The summed E-state index contributed by atoms with van der Waals surface area (Å²) in [5, 5.41) is 3.22. The summed E-state index contributed by atoms with van der Waals surface area (Å²) in [7, 11) is -3.18. The third-order valence-electron chi connectivity index (χ3n) is 3.02. The SMILES string of the molecule is Cc1ccc(S(C)(=O)=O)cc1NCc1nc[nH]c1C. The van der Waals surface area contributed by atoms with Crippen LogP contribution in [-0.2, 0) is 16.4 Å². The Morgan fingerprint density at radius 2 is 2.05 bits per heavy atom. The van der Waals surface area contributed by atoms with E-state index in [1.165, 1.54) is 6.26 Å². The summed E-state index contributed by atoms with van der Waals surface area (Å²) >= 11 is 0. The second-order valence-electron chi connectivity index (χ2n) is 4.58. The molecule has 0 fully saturated rings. The zero-order valence-corrected chi connectivity index (χ0v) is 12.0. The molecule has 102 valence electrons. The monoisotopic (exact) mass is 279 g/mol. The zero-order valence-electron chi connectivity index (χ0n) is 11.2. The van der Waals surface area contributed by atoms with Crippen molar-refractivity contribution in [2.75, 3.05) is 11.6 Å². The van der Waals surface area contributed by atoms with Gasteiger partial charge in [0.1, 0.15) is 0 Å². The topological polar surface area (TPSA) is 74.8 Å². The first-order valence-electron chi connectivity index (χ1n) is 5.91. The maximum absolute atomic E-state index is 11.5. The molecule has 0 amide bonds. The highest BCUT2D eigenvalue weighted by Gasteiger charge is 2.09. The molecule has 0 atom stereocenters. The molecule has 1 aromatic carbocycles. The first kappa shape index (κ1) is 13.6. The van der Waals surface area contributed by atoms with E-state index in [2.05, 4.69) is 15.3 Å². The molecule has 19 heavy (non-hydrogen) atoms. The van der Waals surface area contributed by atoms with Gasteiger partial charge in [-0.05, 0) is 31.5 Å². The molecule has 0 aliphatic carbocycles. The van der Waals surface area contributed by atoms with Crippen molar-refractivity contribution in [3.63, 3.8) is 0 Å². The van der Waals surface area contributed by atoms with Crippen LogP contribution in [-0.4, -0.2) is 24.6 Å². The van der Waals surface area contributed by atoms with E-state index in [0.717, 1.165) is 22.6 Å². The Kier molecular flexibility index (Phi) is 3.61. The predicted molar refractivity (Wildman–Crippen MR) is 74.9 cm³/mol. The van der Waals surface area contributed by atoms with E-state index < -0.39 is 9.84 Å². The summed E-state index contributed by atoms with van der Waals surface area (Å²) in [5.41, 5.74) is 3.74. The minimum Gasteiger partial charge on any atom is -0.379 e. The minimum atomic E-state index is -3.18. The Morgan fingerprint density at radius 1 is 1.32 bits per heavy atom. The summed E-state index contributed by atoms with van der Waals surface area (Å²) in [4.78, 5) is 7.52. The average Bonchev–Trinajstić information content (AvgIpc) is 2.72. The van der Waals surface area contributed by atoms with Crippen molar-refractivity contribution < 1.29 is 8.42 Å². The summed E-state index contributed by atoms with van der Waals surface area (Å²) in [6.07, 6.45) is 2.85. The van der Waals surface area contributed by atoms with Crippen LogP contribution in [0.4, 0.5) is 5.69 Å². The van der Waals surface area contributed by atoms with Crippen LogP contribution in [0.2, 0.25) is 0 Å². The molecule has 6 heteroatoms. The molecule has 0 bridgehead atoms. The van der Waals surface area contributed by atoms with Gasteiger partial charge < -0.3 is 10.3 Å². The number of hydrogen-bond donors (Lipinski definition) is 2. The second-order valence-corrected chi connectivity index (χ2v) is 6.59. The van der Waals surface area contributed by atoms with E-state index in [4.69, 9.17) is 0 Å². The molecule has 0 aliphatic rings. The van der Waals surface area contributed by atoms with Crippen molar-refractivity contribution >= 4 is 15.5 Å². The Balaban J connectivity index is 2.23. The van der Waals surface area contributed by atoms with E-state index in [-0.39, 0.29) is 0 Å². The van der Waals surface area contributed by atoms with Crippen LogP contribution in [0.1, 0.15) is 17.0 Å². The van der Waals surface area contributed by atoms with Crippen molar-refractivity contribution in [2.45, 2.75) is 25.3 Å². The van der Waals surface area contributed by atoms with Gasteiger partial charge in [-0.25, -0.2) is 13.4 Å². The van der Waals surface area contributed by atoms with E-state index >= 15 is 0 Å². The molecule has 0 spiro atoms. The number of aromatic amines is 1. The molecule has 2 N–H and O–H groups in total. The minimum absolute atomic E-state index is 0.319. The molecule has 0 aliphatic heterocycles. The average molecular weight is 279 g/mol. The largest absolute Gasteiger partial charge is 0.379 e. The van der Waals surface area contributed by atoms with Crippen LogP contribution in [0.15, 0.2) is 29.4 Å². The van der Waals surface area contributed by atoms with Crippen LogP contribution in [0.5, 0.6) is 0 Å². The predicted octanol–water partition coefficient (Wildman–Crippen LogP) is 2.04. The van der Waals surface area contributed by atoms with E-state index in [1.54, 1.807) is 24.5 Å². The van der Waals surface area contributed by atoms with Gasteiger partial charge in [0.2, 0.25) is 0 Å². The molecule has 5 nitrogen and oxygen atoms in total. The Morgan fingerprint density at radius 3 is 2.63 bits per heavy atom. The van der Waals surface area contributed by atoms with Gasteiger partial charge in [-0.3, -0.25) is 0 Å². The van der Waals surface area contributed by atoms with Crippen LogP contribution in [0, 0.1) is 13.8 Å². The number of nitrogens with zero attached hydrogens (tertiary/aromatic N) is 1. The third-order valence-corrected chi connectivity index (χ3v) is 4.13. The number of aryl methyl sites for hydroxylation is 2. The lowest BCUT2D eigenvalue weighted by atomic mass is 10.2. The molecular formula is C13H17N3O2S. The highest BCUT2D eigenvalue weighted by molar-refractivity contribution is 7.90. The fourth-order valence-corrected chi connectivity index (χ4v) is 2.41. The van der Waals surface area contributed by atoms with E-state index in [1.807, 2.05) is 13.8 Å². The maximum atomic E-state index is 11.5. The van der Waals surface area contributed by atoms with Crippen LogP contribution < -0.4 is 5.32 Å². The Labute approximate surface area is 113 Å². The van der Waals surface area contributed by atoms with Crippen molar-refractivity contribution in [2.24, 2.45) is 0 Å². The molecule has 1 heterocycles. The van der Waals surface area contributed by atoms with Gasteiger partial charge in [-0.2, -0.15) is 0 Å². The second kappa shape index (κ2) is 5.05. The number of hydrogen-bond acceptors (Lipinski definition) is 4. The summed E-state index contributed by atoms with van der Waals surface area (Å²) in [6, 6.07) is 5.08. The molecule has 2 aromatic rings. The number of aromatic nitrogens is 2. The molecule has 0 radical (unpaired) electrons. The first-order chi connectivity index (χ1) is 8.88.